The third kappa shape index (κ3) is 6.35. The Labute approximate surface area is 116 Å². The molecule has 0 unspecified atom stereocenters. The summed E-state index contributed by atoms with van der Waals surface area (Å²) in [7, 11) is 1.68. The fraction of sp³-hybridized carbons (Fsp3) is 0.538. The third-order valence-electron chi connectivity index (χ3n) is 2.50. The number of aliphatic hydroxyl groups excluding tert-OH is 1. The average Bonchev–Trinajstić information content (AvgIpc) is 2.36. The lowest BCUT2D eigenvalue weighted by Crippen LogP contribution is -2.92. The number of aliphatic hydroxyl groups is 1. The minimum absolute atomic E-state index is 0.303. The van der Waals surface area contributed by atoms with Crippen molar-refractivity contribution in [2.24, 2.45) is 0 Å². The van der Waals surface area contributed by atoms with Crippen LogP contribution >= 0.6 is 15.9 Å². The van der Waals surface area contributed by atoms with Gasteiger partial charge in [-0.1, -0.05) is 15.9 Å². The normalized spacial score (nSPS) is 14.2. The Morgan fingerprint density at radius 1 is 1.28 bits per heavy atom. The molecule has 18 heavy (non-hydrogen) atoms. The Morgan fingerprint density at radius 3 is 2.56 bits per heavy atom. The second-order valence-corrected chi connectivity index (χ2v) is 5.24. The van der Waals surface area contributed by atoms with Gasteiger partial charge in [0.25, 0.3) is 0 Å². The minimum Gasteiger partial charge on any atom is -0.491 e. The van der Waals surface area contributed by atoms with Gasteiger partial charge in [-0.15, -0.1) is 0 Å². The lowest BCUT2D eigenvalue weighted by Gasteiger charge is -2.14. The molecule has 3 N–H and O–H groups in total. The van der Waals surface area contributed by atoms with Crippen LogP contribution in [0.2, 0.25) is 0 Å². The molecule has 4 nitrogen and oxygen atoms in total. The summed E-state index contributed by atoms with van der Waals surface area (Å²) >= 11 is 3.36. The van der Waals surface area contributed by atoms with Crippen molar-refractivity contribution in [3.05, 3.63) is 28.7 Å². The number of benzene rings is 1. The van der Waals surface area contributed by atoms with Gasteiger partial charge in [0.05, 0.1) is 6.61 Å². The van der Waals surface area contributed by atoms with Gasteiger partial charge in [0.15, 0.2) is 0 Å². The summed E-state index contributed by atoms with van der Waals surface area (Å²) in [6, 6.07) is 7.91. The van der Waals surface area contributed by atoms with Crippen molar-refractivity contribution in [2.75, 3.05) is 26.9 Å². The van der Waals surface area contributed by atoms with Crippen LogP contribution < -0.4 is 10.1 Å². The molecule has 0 aliphatic heterocycles. The summed E-state index contributed by atoms with van der Waals surface area (Å²) in [5.74, 6) is 0.766. The third-order valence-corrected chi connectivity index (χ3v) is 3.02. The van der Waals surface area contributed by atoms with Gasteiger partial charge in [-0.2, -0.15) is 0 Å². The molecule has 5 heteroatoms. The van der Waals surface area contributed by atoms with Gasteiger partial charge < -0.3 is 19.9 Å². The number of hydrogen-bond acceptors (Lipinski definition) is 3. The molecule has 0 aromatic heterocycles. The molecule has 0 bridgehead atoms. The van der Waals surface area contributed by atoms with E-state index >= 15 is 0 Å². The number of methoxy groups -OCH3 is 1. The van der Waals surface area contributed by atoms with E-state index in [0.717, 1.165) is 10.2 Å². The van der Waals surface area contributed by atoms with Gasteiger partial charge in [-0.3, -0.25) is 0 Å². The molecule has 1 rings (SSSR count). The molecule has 1 aromatic rings. The second kappa shape index (κ2) is 8.48. The summed E-state index contributed by atoms with van der Waals surface area (Å²) in [6.07, 6.45) is -0.479. The number of rotatable bonds is 8. The van der Waals surface area contributed by atoms with E-state index in [1.807, 2.05) is 24.3 Å². The van der Waals surface area contributed by atoms with Crippen molar-refractivity contribution in [1.29, 1.82) is 0 Å². The number of quaternary nitrogens is 1. The Morgan fingerprint density at radius 2 is 1.94 bits per heavy atom. The summed E-state index contributed by atoms with van der Waals surface area (Å²) in [4.78, 5) is 0. The molecule has 0 fully saturated rings. The van der Waals surface area contributed by atoms with Crippen molar-refractivity contribution in [3.8, 4) is 5.75 Å². The highest BCUT2D eigenvalue weighted by Crippen LogP contribution is 2.15. The molecule has 0 saturated carbocycles. The molecular weight excluding hydrogens is 298 g/mol. The topological polar surface area (TPSA) is 55.3 Å². The first-order valence-electron chi connectivity index (χ1n) is 6.00. The van der Waals surface area contributed by atoms with Gasteiger partial charge in [0, 0.05) is 11.6 Å². The summed E-state index contributed by atoms with van der Waals surface area (Å²) in [5, 5.41) is 11.8. The van der Waals surface area contributed by atoms with Crippen molar-refractivity contribution >= 4 is 15.9 Å². The lowest BCUT2D eigenvalue weighted by molar-refractivity contribution is -0.693. The SMILES string of the molecule is COC[C@@H](C)[NH2+]C[C@H](O)COc1ccc(Br)cc1. The Balaban J connectivity index is 2.20. The van der Waals surface area contributed by atoms with Crippen LogP contribution in [0, 0.1) is 0 Å². The van der Waals surface area contributed by atoms with E-state index in [-0.39, 0.29) is 0 Å². The first kappa shape index (κ1) is 15.4. The highest BCUT2D eigenvalue weighted by Gasteiger charge is 2.11. The van der Waals surface area contributed by atoms with E-state index in [2.05, 4.69) is 28.2 Å². The van der Waals surface area contributed by atoms with Gasteiger partial charge in [-0.25, -0.2) is 0 Å². The van der Waals surface area contributed by atoms with Gasteiger partial charge in [0.1, 0.15) is 31.0 Å². The minimum atomic E-state index is -0.479. The first-order valence-corrected chi connectivity index (χ1v) is 6.79. The molecular formula is C13H21BrNO3+. The Bertz CT molecular complexity index is 332. The van der Waals surface area contributed by atoms with E-state index < -0.39 is 6.10 Å². The van der Waals surface area contributed by atoms with Crippen LogP contribution in [0.4, 0.5) is 0 Å². The van der Waals surface area contributed by atoms with Crippen molar-refractivity contribution in [1.82, 2.24) is 0 Å². The van der Waals surface area contributed by atoms with Gasteiger partial charge in [-0.05, 0) is 31.2 Å². The molecule has 0 spiro atoms. The van der Waals surface area contributed by atoms with Crippen LogP contribution in [0.5, 0.6) is 5.75 Å². The predicted molar refractivity (Wildman–Crippen MR) is 73.8 cm³/mol. The number of nitrogens with two attached hydrogens (primary N) is 1. The smallest absolute Gasteiger partial charge is 0.137 e. The quantitative estimate of drug-likeness (QED) is 0.745. The van der Waals surface area contributed by atoms with Crippen molar-refractivity contribution in [3.63, 3.8) is 0 Å². The highest BCUT2D eigenvalue weighted by molar-refractivity contribution is 9.10. The summed E-state index contributed by atoms with van der Waals surface area (Å²) < 4.78 is 11.5. The molecule has 0 amide bonds. The van der Waals surface area contributed by atoms with Crippen LogP contribution in [0.3, 0.4) is 0 Å². The fourth-order valence-electron chi connectivity index (χ4n) is 1.51. The van der Waals surface area contributed by atoms with Crippen LogP contribution in [0.25, 0.3) is 0 Å². The van der Waals surface area contributed by atoms with Crippen LogP contribution in [0.1, 0.15) is 6.92 Å². The van der Waals surface area contributed by atoms with Gasteiger partial charge >= 0.3 is 0 Å². The van der Waals surface area contributed by atoms with Crippen LogP contribution in [0.15, 0.2) is 28.7 Å². The van der Waals surface area contributed by atoms with Crippen molar-refractivity contribution < 1.29 is 19.9 Å². The predicted octanol–water partition coefficient (Wildman–Crippen LogP) is 0.787. The van der Waals surface area contributed by atoms with Crippen LogP contribution in [-0.4, -0.2) is 44.1 Å². The maximum atomic E-state index is 9.78. The molecule has 102 valence electrons. The zero-order valence-electron chi connectivity index (χ0n) is 10.8. The molecule has 0 radical (unpaired) electrons. The van der Waals surface area contributed by atoms with E-state index in [0.29, 0.717) is 25.8 Å². The molecule has 1 aromatic carbocycles. The Hall–Kier alpha value is -0.620. The van der Waals surface area contributed by atoms with Crippen molar-refractivity contribution in [2.45, 2.75) is 19.1 Å². The van der Waals surface area contributed by atoms with Crippen LogP contribution in [-0.2, 0) is 4.74 Å². The zero-order chi connectivity index (χ0) is 13.4. The largest absolute Gasteiger partial charge is 0.491 e. The van der Waals surface area contributed by atoms with E-state index in [4.69, 9.17) is 9.47 Å². The van der Waals surface area contributed by atoms with E-state index in [1.54, 1.807) is 7.11 Å². The summed E-state index contributed by atoms with van der Waals surface area (Å²) in [6.45, 7) is 3.66. The molecule has 0 heterocycles. The summed E-state index contributed by atoms with van der Waals surface area (Å²) in [5.41, 5.74) is 0. The first-order chi connectivity index (χ1) is 8.61. The number of halogens is 1. The molecule has 0 aliphatic rings. The van der Waals surface area contributed by atoms with Gasteiger partial charge in [0.2, 0.25) is 0 Å². The zero-order valence-corrected chi connectivity index (χ0v) is 12.4. The maximum Gasteiger partial charge on any atom is 0.137 e. The van der Waals surface area contributed by atoms with E-state index in [1.165, 1.54) is 0 Å². The second-order valence-electron chi connectivity index (χ2n) is 4.32. The fourth-order valence-corrected chi connectivity index (χ4v) is 1.78. The molecule has 0 saturated heterocycles. The monoisotopic (exact) mass is 318 g/mol. The average molecular weight is 319 g/mol. The highest BCUT2D eigenvalue weighted by atomic mass is 79.9. The molecule has 2 atom stereocenters. The molecule has 0 aliphatic carbocycles. The van der Waals surface area contributed by atoms with E-state index in [9.17, 15) is 5.11 Å². The Kier molecular flexibility index (Phi) is 7.27. The number of hydrogen-bond donors (Lipinski definition) is 2. The maximum absolute atomic E-state index is 9.78. The standard InChI is InChI=1S/C13H20BrNO3/c1-10(8-17-2)15-7-12(16)9-18-13-5-3-11(14)4-6-13/h3-6,10,12,15-16H,7-9H2,1-2H3/p+1/t10-,12+/m1/s1. The lowest BCUT2D eigenvalue weighted by atomic mass is 10.3. The number of ether oxygens (including phenoxy) is 2.